The normalized spacial score (nSPS) is 10.5. The Morgan fingerprint density at radius 2 is 1.23 bits per heavy atom. The second-order valence-electron chi connectivity index (χ2n) is 6.28. The summed E-state index contributed by atoms with van der Waals surface area (Å²) in [5.74, 6) is 2.21. The predicted molar refractivity (Wildman–Crippen MR) is 118 cm³/mol. The van der Waals surface area contributed by atoms with Gasteiger partial charge in [0.2, 0.25) is 5.96 Å². The molecule has 7 heteroatoms. The Kier molecular flexibility index (Phi) is 7.68. The molecule has 0 bridgehead atoms. The number of guanidine groups is 1. The van der Waals surface area contributed by atoms with Gasteiger partial charge in [0, 0.05) is 0 Å². The van der Waals surface area contributed by atoms with Crippen molar-refractivity contribution in [3.05, 3.63) is 90.0 Å². The summed E-state index contributed by atoms with van der Waals surface area (Å²) in [6, 6.07) is 25.0. The van der Waals surface area contributed by atoms with Gasteiger partial charge in [0.15, 0.2) is 0 Å². The largest absolute Gasteiger partial charge is 0.490 e. The second-order valence-corrected chi connectivity index (χ2v) is 6.28. The van der Waals surface area contributed by atoms with E-state index in [1.165, 1.54) is 0 Å². The number of hydrogen-bond acceptors (Lipinski definition) is 5. The third-order valence-corrected chi connectivity index (χ3v) is 3.95. The van der Waals surface area contributed by atoms with Crippen LogP contribution in [0.1, 0.15) is 11.1 Å². The zero-order chi connectivity index (χ0) is 21.0. The first-order valence-electron chi connectivity index (χ1n) is 9.43. The minimum Gasteiger partial charge on any atom is -0.490 e. The fraction of sp³-hybridized carbons (Fsp3) is 0.130. The summed E-state index contributed by atoms with van der Waals surface area (Å²) >= 11 is 0. The van der Waals surface area contributed by atoms with E-state index < -0.39 is 0 Å². The Hall–Kier alpha value is -4.00. The number of rotatable bonds is 10. The van der Waals surface area contributed by atoms with Crippen LogP contribution in [0.2, 0.25) is 0 Å². The summed E-state index contributed by atoms with van der Waals surface area (Å²) in [5.41, 5.74) is 12.4. The molecule has 0 aliphatic rings. The molecule has 0 aliphatic carbocycles. The van der Waals surface area contributed by atoms with Crippen LogP contribution < -0.4 is 25.7 Å². The van der Waals surface area contributed by atoms with Gasteiger partial charge in [-0.05, 0) is 59.7 Å². The average Bonchev–Trinajstić information content (AvgIpc) is 2.77. The molecule has 0 aliphatic heterocycles. The van der Waals surface area contributed by atoms with Gasteiger partial charge >= 0.3 is 0 Å². The van der Waals surface area contributed by atoms with Gasteiger partial charge < -0.3 is 25.7 Å². The van der Waals surface area contributed by atoms with E-state index in [2.05, 4.69) is 10.2 Å². The molecule has 30 heavy (non-hydrogen) atoms. The van der Waals surface area contributed by atoms with Gasteiger partial charge in [-0.25, -0.2) is 0 Å². The summed E-state index contributed by atoms with van der Waals surface area (Å²) in [4.78, 5) is 0. The van der Waals surface area contributed by atoms with Crippen molar-refractivity contribution in [3.63, 3.8) is 0 Å². The first-order valence-corrected chi connectivity index (χ1v) is 9.43. The Morgan fingerprint density at radius 1 is 0.700 bits per heavy atom. The van der Waals surface area contributed by atoms with Crippen molar-refractivity contribution in [1.82, 2.24) is 0 Å². The molecule has 0 aromatic heterocycles. The third-order valence-electron chi connectivity index (χ3n) is 3.95. The molecule has 154 valence electrons. The van der Waals surface area contributed by atoms with E-state index in [-0.39, 0.29) is 5.96 Å². The molecule has 7 nitrogen and oxygen atoms in total. The molecule has 3 aromatic carbocycles. The van der Waals surface area contributed by atoms with E-state index in [1.54, 1.807) is 6.21 Å². The molecule has 3 rings (SSSR count). The summed E-state index contributed by atoms with van der Waals surface area (Å²) < 4.78 is 17.1. The van der Waals surface area contributed by atoms with E-state index in [0.717, 1.165) is 28.4 Å². The number of benzene rings is 3. The summed E-state index contributed by atoms with van der Waals surface area (Å²) in [6.45, 7) is 1.39. The summed E-state index contributed by atoms with van der Waals surface area (Å²) in [6.07, 6.45) is 1.56. The van der Waals surface area contributed by atoms with Gasteiger partial charge in [-0.1, -0.05) is 30.3 Å². The van der Waals surface area contributed by atoms with Crippen molar-refractivity contribution in [1.29, 1.82) is 0 Å². The minimum absolute atomic E-state index is 0.0828. The molecular formula is C23H24N4O3. The molecule has 0 heterocycles. The van der Waals surface area contributed by atoms with Crippen molar-refractivity contribution in [2.24, 2.45) is 21.7 Å². The molecule has 3 aromatic rings. The number of hydrogen-bond donors (Lipinski definition) is 2. The Balaban J connectivity index is 1.37. The summed E-state index contributed by atoms with van der Waals surface area (Å²) in [7, 11) is 0. The zero-order valence-corrected chi connectivity index (χ0v) is 16.5. The lowest BCUT2D eigenvalue weighted by Crippen LogP contribution is -2.21. The van der Waals surface area contributed by atoms with Gasteiger partial charge in [-0.2, -0.15) is 5.10 Å². The summed E-state index contributed by atoms with van der Waals surface area (Å²) in [5, 5.41) is 7.30. The molecule has 0 atom stereocenters. The quantitative estimate of drug-likeness (QED) is 0.233. The van der Waals surface area contributed by atoms with E-state index in [4.69, 9.17) is 25.7 Å². The highest BCUT2D eigenvalue weighted by atomic mass is 16.5. The highest BCUT2D eigenvalue weighted by Gasteiger charge is 1.99. The van der Waals surface area contributed by atoms with Crippen molar-refractivity contribution in [3.8, 4) is 17.2 Å². The van der Waals surface area contributed by atoms with Crippen LogP contribution >= 0.6 is 0 Å². The Morgan fingerprint density at radius 3 is 1.80 bits per heavy atom. The lowest BCUT2D eigenvalue weighted by Gasteiger charge is -2.10. The SMILES string of the molecule is NC(N)=NN=Cc1ccc(OCCOc2ccc(OCc3ccccc3)cc2)cc1. The van der Waals surface area contributed by atoms with Gasteiger partial charge in [0.25, 0.3) is 0 Å². The molecular weight excluding hydrogens is 380 g/mol. The van der Waals surface area contributed by atoms with E-state index in [0.29, 0.717) is 19.8 Å². The average molecular weight is 404 g/mol. The third kappa shape index (κ3) is 7.20. The van der Waals surface area contributed by atoms with E-state index >= 15 is 0 Å². The number of ether oxygens (including phenoxy) is 3. The minimum atomic E-state index is -0.0828. The van der Waals surface area contributed by atoms with Crippen LogP contribution in [0.15, 0.2) is 89.1 Å². The standard InChI is InChI=1S/C23H24N4O3/c24-23(25)27-26-16-18-6-8-20(9-7-18)28-14-15-29-21-10-12-22(13-11-21)30-17-19-4-2-1-3-5-19/h1-13,16H,14-15,17H2,(H4,24,25,27). The van der Waals surface area contributed by atoms with E-state index in [9.17, 15) is 0 Å². The van der Waals surface area contributed by atoms with Gasteiger partial charge in [-0.15, -0.1) is 5.10 Å². The van der Waals surface area contributed by atoms with Crippen LogP contribution in [0.3, 0.4) is 0 Å². The maximum absolute atomic E-state index is 5.77. The van der Waals surface area contributed by atoms with Gasteiger partial charge in [0.1, 0.15) is 37.1 Å². The van der Waals surface area contributed by atoms with Crippen molar-refractivity contribution in [2.45, 2.75) is 6.61 Å². The molecule has 0 amide bonds. The first kappa shape index (κ1) is 20.7. The number of nitrogens with zero attached hydrogens (tertiary/aromatic N) is 2. The molecule has 0 saturated carbocycles. The molecule has 0 spiro atoms. The Bertz CT molecular complexity index is 952. The molecule has 0 fully saturated rings. The van der Waals surface area contributed by atoms with Crippen LogP contribution in [0, 0.1) is 0 Å². The van der Waals surface area contributed by atoms with Crippen molar-refractivity contribution >= 4 is 12.2 Å². The highest BCUT2D eigenvalue weighted by Crippen LogP contribution is 2.19. The fourth-order valence-corrected chi connectivity index (χ4v) is 2.50. The maximum atomic E-state index is 5.77. The number of nitrogens with two attached hydrogens (primary N) is 2. The topological polar surface area (TPSA) is 104 Å². The van der Waals surface area contributed by atoms with Crippen molar-refractivity contribution in [2.75, 3.05) is 13.2 Å². The molecule has 0 saturated heterocycles. The van der Waals surface area contributed by atoms with Crippen LogP contribution in [-0.4, -0.2) is 25.4 Å². The zero-order valence-electron chi connectivity index (χ0n) is 16.5. The molecule has 4 N–H and O–H groups in total. The maximum Gasteiger partial charge on any atom is 0.211 e. The lowest BCUT2D eigenvalue weighted by molar-refractivity contribution is 0.217. The fourth-order valence-electron chi connectivity index (χ4n) is 2.50. The highest BCUT2D eigenvalue weighted by molar-refractivity contribution is 5.81. The second kappa shape index (κ2) is 11.1. The van der Waals surface area contributed by atoms with Crippen molar-refractivity contribution < 1.29 is 14.2 Å². The van der Waals surface area contributed by atoms with Crippen LogP contribution in [0.4, 0.5) is 0 Å². The monoisotopic (exact) mass is 404 g/mol. The smallest absolute Gasteiger partial charge is 0.211 e. The lowest BCUT2D eigenvalue weighted by atomic mass is 10.2. The van der Waals surface area contributed by atoms with Crippen LogP contribution in [0.5, 0.6) is 17.2 Å². The van der Waals surface area contributed by atoms with Crippen LogP contribution in [-0.2, 0) is 6.61 Å². The van der Waals surface area contributed by atoms with E-state index in [1.807, 2.05) is 78.9 Å². The van der Waals surface area contributed by atoms with Gasteiger partial charge in [-0.3, -0.25) is 0 Å². The van der Waals surface area contributed by atoms with Gasteiger partial charge in [0.05, 0.1) is 6.21 Å². The Labute approximate surface area is 175 Å². The molecule has 0 radical (unpaired) electrons. The van der Waals surface area contributed by atoms with Crippen LogP contribution in [0.25, 0.3) is 0 Å². The first-order chi connectivity index (χ1) is 14.7. The predicted octanol–water partition coefficient (Wildman–Crippen LogP) is 3.33. The molecule has 0 unspecified atom stereocenters.